The highest BCUT2D eigenvalue weighted by atomic mass is 32.1. The van der Waals surface area contributed by atoms with Gasteiger partial charge in [-0.15, -0.1) is 0 Å². The topological polar surface area (TPSA) is 57.7 Å². The molecule has 162 valence electrons. The van der Waals surface area contributed by atoms with Crippen molar-refractivity contribution in [2.45, 2.75) is 0 Å². The van der Waals surface area contributed by atoms with Crippen LogP contribution in [0, 0.1) is 0 Å². The Bertz CT molecular complexity index is 1230. The fourth-order valence-electron chi connectivity index (χ4n) is 4.04. The monoisotopic (exact) mass is 444 g/mol. The maximum atomic E-state index is 12.8. The van der Waals surface area contributed by atoms with E-state index in [-0.39, 0.29) is 6.03 Å². The van der Waals surface area contributed by atoms with Gasteiger partial charge in [-0.05, 0) is 46.7 Å². The van der Waals surface area contributed by atoms with Crippen LogP contribution in [0.25, 0.3) is 22.0 Å². The van der Waals surface area contributed by atoms with E-state index in [1.54, 1.807) is 18.4 Å². The van der Waals surface area contributed by atoms with Crippen LogP contribution in [0.15, 0.2) is 71.4 Å². The summed E-state index contributed by atoms with van der Waals surface area (Å²) in [5.41, 5.74) is 4.04. The number of pyridine rings is 1. The number of rotatable bonds is 4. The minimum Gasteiger partial charge on any atom is -0.495 e. The molecule has 0 spiro atoms. The normalized spacial score (nSPS) is 13.9. The van der Waals surface area contributed by atoms with Crippen molar-refractivity contribution in [1.82, 2.24) is 9.88 Å². The van der Waals surface area contributed by atoms with Crippen molar-refractivity contribution >= 4 is 39.8 Å². The summed E-state index contributed by atoms with van der Waals surface area (Å²) >= 11 is 1.69. The third-order valence-corrected chi connectivity index (χ3v) is 6.46. The van der Waals surface area contributed by atoms with E-state index in [0.29, 0.717) is 24.5 Å². The molecule has 0 bridgehead atoms. The van der Waals surface area contributed by atoms with Crippen LogP contribution in [-0.4, -0.2) is 49.2 Å². The minimum absolute atomic E-state index is 0.111. The first kappa shape index (κ1) is 20.3. The van der Waals surface area contributed by atoms with Gasteiger partial charge in [-0.3, -0.25) is 0 Å². The van der Waals surface area contributed by atoms with E-state index in [0.717, 1.165) is 35.4 Å². The average Bonchev–Trinajstić information content (AvgIpc) is 3.38. The minimum atomic E-state index is -0.111. The number of methoxy groups -OCH3 is 1. The van der Waals surface area contributed by atoms with E-state index >= 15 is 0 Å². The standard InChI is InChI=1S/C25H24N4O2S/c1-31-22-8-3-2-7-21(22)26-25(30)29-14-12-28(13-15-29)23-10-9-18-5-4-6-20(24(18)27-23)19-11-16-32-17-19/h2-11,16-17H,12-15H2,1H3,(H,26,30). The lowest BCUT2D eigenvalue weighted by Crippen LogP contribution is -2.50. The van der Waals surface area contributed by atoms with Crippen LogP contribution in [0.3, 0.4) is 0 Å². The number of carbonyl (C=O) groups excluding carboxylic acids is 1. The van der Waals surface area contributed by atoms with Gasteiger partial charge in [-0.1, -0.05) is 30.3 Å². The van der Waals surface area contributed by atoms with Crippen molar-refractivity contribution in [3.8, 4) is 16.9 Å². The molecule has 1 fully saturated rings. The zero-order chi connectivity index (χ0) is 21.9. The molecule has 1 aliphatic rings. The van der Waals surface area contributed by atoms with Crippen LogP contribution in [0.1, 0.15) is 0 Å². The van der Waals surface area contributed by atoms with Gasteiger partial charge in [0.05, 0.1) is 18.3 Å². The number of urea groups is 1. The molecule has 0 atom stereocenters. The summed E-state index contributed by atoms with van der Waals surface area (Å²) in [5.74, 6) is 1.60. The highest BCUT2D eigenvalue weighted by molar-refractivity contribution is 7.08. The van der Waals surface area contributed by atoms with Gasteiger partial charge >= 0.3 is 6.03 Å². The van der Waals surface area contributed by atoms with Crippen molar-refractivity contribution in [1.29, 1.82) is 0 Å². The maximum Gasteiger partial charge on any atom is 0.322 e. The Hall–Kier alpha value is -3.58. The van der Waals surface area contributed by atoms with Crippen LogP contribution in [-0.2, 0) is 0 Å². The van der Waals surface area contributed by atoms with Crippen molar-refractivity contribution < 1.29 is 9.53 Å². The summed E-state index contributed by atoms with van der Waals surface area (Å²) in [5, 5.41) is 8.34. The summed E-state index contributed by atoms with van der Waals surface area (Å²) in [4.78, 5) is 21.8. The predicted octanol–water partition coefficient (Wildman–Crippen LogP) is 5.33. The lowest BCUT2D eigenvalue weighted by molar-refractivity contribution is 0.208. The Morgan fingerprint density at radius 3 is 2.62 bits per heavy atom. The van der Waals surface area contributed by atoms with Crippen LogP contribution in [0.2, 0.25) is 0 Å². The van der Waals surface area contributed by atoms with Gasteiger partial charge in [0.25, 0.3) is 0 Å². The molecule has 2 amide bonds. The number of fused-ring (bicyclic) bond motifs is 1. The summed E-state index contributed by atoms with van der Waals surface area (Å²) in [6, 6.07) is 20.0. The quantitative estimate of drug-likeness (QED) is 0.462. The number of nitrogens with one attached hydrogen (secondary N) is 1. The smallest absolute Gasteiger partial charge is 0.322 e. The SMILES string of the molecule is COc1ccccc1NC(=O)N1CCN(c2ccc3cccc(-c4ccsc4)c3n2)CC1. The van der Waals surface area contributed by atoms with Crippen LogP contribution >= 0.6 is 11.3 Å². The third-order valence-electron chi connectivity index (χ3n) is 5.78. The summed E-state index contributed by atoms with van der Waals surface area (Å²) in [6.07, 6.45) is 0. The van der Waals surface area contributed by atoms with E-state index in [1.165, 1.54) is 5.56 Å². The molecule has 6 nitrogen and oxygen atoms in total. The molecular weight excluding hydrogens is 420 g/mol. The molecule has 0 unspecified atom stereocenters. The molecule has 1 aliphatic heterocycles. The van der Waals surface area contributed by atoms with E-state index < -0.39 is 0 Å². The first-order valence-electron chi connectivity index (χ1n) is 10.6. The first-order chi connectivity index (χ1) is 15.7. The molecule has 3 heterocycles. The molecule has 2 aromatic heterocycles. The molecule has 7 heteroatoms. The number of nitrogens with zero attached hydrogens (tertiary/aromatic N) is 3. The molecule has 1 N–H and O–H groups in total. The Morgan fingerprint density at radius 2 is 1.84 bits per heavy atom. The molecular formula is C25H24N4O2S. The highest BCUT2D eigenvalue weighted by Crippen LogP contribution is 2.31. The van der Waals surface area contributed by atoms with E-state index in [4.69, 9.17) is 9.72 Å². The lowest BCUT2D eigenvalue weighted by Gasteiger charge is -2.35. The molecule has 0 saturated carbocycles. The Kier molecular flexibility index (Phi) is 5.64. The zero-order valence-electron chi connectivity index (χ0n) is 17.8. The van der Waals surface area contributed by atoms with Crippen molar-refractivity contribution in [2.24, 2.45) is 0 Å². The Morgan fingerprint density at radius 1 is 1.00 bits per heavy atom. The zero-order valence-corrected chi connectivity index (χ0v) is 18.6. The molecule has 32 heavy (non-hydrogen) atoms. The molecule has 1 saturated heterocycles. The molecule has 5 rings (SSSR count). The van der Waals surface area contributed by atoms with E-state index in [1.807, 2.05) is 29.2 Å². The van der Waals surface area contributed by atoms with E-state index in [2.05, 4.69) is 57.4 Å². The van der Waals surface area contributed by atoms with Crippen molar-refractivity contribution in [3.05, 3.63) is 71.4 Å². The van der Waals surface area contributed by atoms with Crippen LogP contribution in [0.4, 0.5) is 16.3 Å². The Labute approximate surface area is 191 Å². The van der Waals surface area contributed by atoms with Crippen LogP contribution < -0.4 is 15.0 Å². The second-order valence-electron chi connectivity index (χ2n) is 7.66. The molecule has 0 aliphatic carbocycles. The number of carbonyl (C=O) groups is 1. The van der Waals surface area contributed by atoms with Gasteiger partial charge < -0.3 is 19.9 Å². The summed E-state index contributed by atoms with van der Waals surface area (Å²) in [7, 11) is 1.60. The summed E-state index contributed by atoms with van der Waals surface area (Å²) < 4.78 is 5.33. The van der Waals surface area contributed by atoms with Gasteiger partial charge in [-0.25, -0.2) is 9.78 Å². The number of hydrogen-bond acceptors (Lipinski definition) is 5. The van der Waals surface area contributed by atoms with Gasteiger partial charge in [0.1, 0.15) is 11.6 Å². The number of benzene rings is 2. The second kappa shape index (κ2) is 8.88. The lowest BCUT2D eigenvalue weighted by atomic mass is 10.0. The van der Waals surface area contributed by atoms with Gasteiger partial charge in [0.15, 0.2) is 0 Å². The van der Waals surface area contributed by atoms with Crippen molar-refractivity contribution in [3.63, 3.8) is 0 Å². The van der Waals surface area contributed by atoms with Gasteiger partial charge in [-0.2, -0.15) is 11.3 Å². The average molecular weight is 445 g/mol. The number of anilines is 2. The first-order valence-corrected chi connectivity index (χ1v) is 11.5. The number of piperazine rings is 1. The van der Waals surface area contributed by atoms with E-state index in [9.17, 15) is 4.79 Å². The predicted molar refractivity (Wildman–Crippen MR) is 131 cm³/mol. The molecule has 0 radical (unpaired) electrons. The molecule has 4 aromatic rings. The largest absolute Gasteiger partial charge is 0.495 e. The maximum absolute atomic E-state index is 12.8. The fourth-order valence-corrected chi connectivity index (χ4v) is 4.70. The number of hydrogen-bond donors (Lipinski definition) is 1. The van der Waals surface area contributed by atoms with Crippen molar-refractivity contribution in [2.75, 3.05) is 43.5 Å². The van der Waals surface area contributed by atoms with Crippen LogP contribution in [0.5, 0.6) is 5.75 Å². The van der Waals surface area contributed by atoms with Gasteiger partial charge in [0.2, 0.25) is 0 Å². The Balaban J connectivity index is 1.30. The number of para-hydroxylation sites is 3. The number of aromatic nitrogens is 1. The molecule has 2 aromatic carbocycles. The fraction of sp³-hybridized carbons (Fsp3) is 0.200. The summed E-state index contributed by atoms with van der Waals surface area (Å²) in [6.45, 7) is 2.73. The number of thiophene rings is 1. The van der Waals surface area contributed by atoms with Gasteiger partial charge in [0, 0.05) is 37.1 Å². The highest BCUT2D eigenvalue weighted by Gasteiger charge is 2.23. The number of amides is 2. The third kappa shape index (κ3) is 3.99. The number of ether oxygens (including phenoxy) is 1. The second-order valence-corrected chi connectivity index (χ2v) is 8.44.